The zero-order valence-corrected chi connectivity index (χ0v) is 28.9. The van der Waals surface area contributed by atoms with Crippen LogP contribution in [-0.4, -0.2) is 36.7 Å². The molecule has 4 aromatic rings. The first kappa shape index (κ1) is 43.9. The number of halogens is 10. The molecule has 0 heterocycles. The standard InChI is InChI=1S/C23H13F10NO2.C7H15NO2.C7H8/c24-14-4-1-11(2-5-14)19(13-7-15(25)10-16(8-13)36-23(32,33)21(27)28)34-20(35)12-3-6-18(26)17(9-12)22(29,30)31;1-5-8-6(9)10-7(2,3)4;1-7-5-3-2-4-6-7/h1-10,19,21H,(H,34,35);5H2,1-4H3,(H,8,9);2-6H,1H3. The molecule has 6 nitrogen and oxygen atoms in total. The molecule has 1 unspecified atom stereocenters. The summed E-state index contributed by atoms with van der Waals surface area (Å²) >= 11 is 0. The lowest BCUT2D eigenvalue weighted by Crippen LogP contribution is -2.33. The highest BCUT2D eigenvalue weighted by atomic mass is 19.4. The topological polar surface area (TPSA) is 76.7 Å². The molecule has 1 atom stereocenters. The monoisotopic (exact) mass is 762 g/mol. The van der Waals surface area contributed by atoms with E-state index in [0.717, 1.165) is 30.3 Å². The highest BCUT2D eigenvalue weighted by Crippen LogP contribution is 2.34. The number of amides is 2. The number of nitrogens with one attached hydrogen (secondary N) is 2. The van der Waals surface area contributed by atoms with Crippen LogP contribution in [0.15, 0.2) is 91.0 Å². The molecular formula is C37H36F10N2O4. The van der Waals surface area contributed by atoms with Crippen molar-refractivity contribution in [2.24, 2.45) is 0 Å². The molecule has 0 spiro atoms. The molecule has 16 heteroatoms. The van der Waals surface area contributed by atoms with E-state index in [-0.39, 0.29) is 28.9 Å². The SMILES string of the molecule is CCNC(=O)OC(C)(C)C.Cc1ccccc1.O=C(NC(c1ccc(F)cc1)c1cc(F)cc(OC(F)(F)C(F)F)c1)c1ccc(F)c(C(F)(F)F)c1. The number of carbonyl (C=O) groups excluding carboxylic acids is 2. The summed E-state index contributed by atoms with van der Waals surface area (Å²) in [5.41, 5.74) is -1.85. The number of alkyl halides is 7. The summed E-state index contributed by atoms with van der Waals surface area (Å²) in [6, 6.07) is 15.8. The smallest absolute Gasteiger partial charge is 0.444 e. The number of alkyl carbamates (subject to hydrolysis) is 1. The summed E-state index contributed by atoms with van der Waals surface area (Å²) in [6.07, 6.45) is -14.8. The van der Waals surface area contributed by atoms with Crippen LogP contribution < -0.4 is 15.4 Å². The van der Waals surface area contributed by atoms with E-state index in [4.69, 9.17) is 4.74 Å². The van der Waals surface area contributed by atoms with E-state index in [2.05, 4.69) is 34.4 Å². The van der Waals surface area contributed by atoms with Gasteiger partial charge in [0.1, 0.15) is 28.8 Å². The number of ether oxygens (including phenoxy) is 2. The van der Waals surface area contributed by atoms with Gasteiger partial charge in [0.15, 0.2) is 0 Å². The first-order valence-corrected chi connectivity index (χ1v) is 15.6. The molecule has 288 valence electrons. The molecule has 2 N–H and O–H groups in total. The van der Waals surface area contributed by atoms with Crippen molar-refractivity contribution in [2.75, 3.05) is 6.54 Å². The molecule has 0 aliphatic heterocycles. The fourth-order valence-electron chi connectivity index (χ4n) is 4.12. The van der Waals surface area contributed by atoms with Gasteiger partial charge in [-0.2, -0.15) is 30.7 Å². The van der Waals surface area contributed by atoms with Crippen LogP contribution in [-0.2, 0) is 10.9 Å². The number of benzene rings is 4. The van der Waals surface area contributed by atoms with E-state index in [1.165, 1.54) is 5.56 Å². The van der Waals surface area contributed by atoms with Crippen LogP contribution in [0.3, 0.4) is 0 Å². The number of hydrogen-bond acceptors (Lipinski definition) is 4. The third kappa shape index (κ3) is 15.1. The fraction of sp³-hybridized carbons (Fsp3) is 0.297. The van der Waals surface area contributed by atoms with Gasteiger partial charge < -0.3 is 20.1 Å². The van der Waals surface area contributed by atoms with Crippen LogP contribution in [0.5, 0.6) is 5.75 Å². The van der Waals surface area contributed by atoms with Gasteiger partial charge in [-0.25, -0.2) is 18.0 Å². The lowest BCUT2D eigenvalue weighted by atomic mass is 9.97. The zero-order chi connectivity index (χ0) is 40.1. The zero-order valence-electron chi connectivity index (χ0n) is 28.9. The largest absolute Gasteiger partial charge is 0.461 e. The Balaban J connectivity index is 0.000000467. The number of carbonyl (C=O) groups is 2. The summed E-state index contributed by atoms with van der Waals surface area (Å²) in [5.74, 6) is -5.94. The molecule has 0 aliphatic rings. The third-order valence-corrected chi connectivity index (χ3v) is 6.41. The summed E-state index contributed by atoms with van der Waals surface area (Å²) in [5, 5.41) is 4.76. The minimum absolute atomic E-state index is 0.0000707. The Morgan fingerprint density at radius 3 is 1.85 bits per heavy atom. The van der Waals surface area contributed by atoms with E-state index in [1.54, 1.807) is 0 Å². The van der Waals surface area contributed by atoms with Gasteiger partial charge in [-0.3, -0.25) is 4.79 Å². The van der Waals surface area contributed by atoms with Crippen molar-refractivity contribution in [3.05, 3.63) is 136 Å². The van der Waals surface area contributed by atoms with Crippen LogP contribution in [0.25, 0.3) is 0 Å². The minimum Gasteiger partial charge on any atom is -0.444 e. The van der Waals surface area contributed by atoms with Crippen molar-refractivity contribution in [1.29, 1.82) is 0 Å². The molecule has 0 radical (unpaired) electrons. The number of aryl methyl sites for hydroxylation is 1. The van der Waals surface area contributed by atoms with Crippen LogP contribution in [0, 0.1) is 24.4 Å². The highest BCUT2D eigenvalue weighted by molar-refractivity contribution is 5.95. The Labute approximate surface area is 299 Å². The van der Waals surface area contributed by atoms with Crippen molar-refractivity contribution in [1.82, 2.24) is 10.6 Å². The molecule has 0 saturated carbocycles. The van der Waals surface area contributed by atoms with E-state index in [0.29, 0.717) is 30.8 Å². The van der Waals surface area contributed by atoms with E-state index in [1.807, 2.05) is 45.9 Å². The molecule has 0 saturated heterocycles. The van der Waals surface area contributed by atoms with Crippen LogP contribution in [0.2, 0.25) is 0 Å². The van der Waals surface area contributed by atoms with Crippen molar-refractivity contribution in [2.45, 2.75) is 65.0 Å². The van der Waals surface area contributed by atoms with Gasteiger partial charge in [0.25, 0.3) is 5.91 Å². The Morgan fingerprint density at radius 2 is 1.36 bits per heavy atom. The Hall–Kier alpha value is -5.28. The van der Waals surface area contributed by atoms with Crippen molar-refractivity contribution in [3.63, 3.8) is 0 Å². The highest BCUT2D eigenvalue weighted by Gasteiger charge is 2.44. The Kier molecular flexibility index (Phi) is 15.7. The molecule has 53 heavy (non-hydrogen) atoms. The molecule has 0 fully saturated rings. The normalized spacial score (nSPS) is 12.0. The molecule has 4 rings (SSSR count). The number of hydrogen-bond donors (Lipinski definition) is 2. The number of rotatable bonds is 8. The summed E-state index contributed by atoms with van der Waals surface area (Å²) < 4.78 is 141. The van der Waals surface area contributed by atoms with Crippen molar-refractivity contribution >= 4 is 12.0 Å². The summed E-state index contributed by atoms with van der Waals surface area (Å²) in [4.78, 5) is 23.5. The van der Waals surface area contributed by atoms with Gasteiger partial charge in [0, 0.05) is 18.2 Å². The maximum atomic E-state index is 14.2. The predicted octanol–water partition coefficient (Wildman–Crippen LogP) is 10.4. The summed E-state index contributed by atoms with van der Waals surface area (Å²) in [6.45, 7) is 10.0. The van der Waals surface area contributed by atoms with Crippen molar-refractivity contribution < 1.29 is 63.0 Å². The van der Waals surface area contributed by atoms with Gasteiger partial charge >= 0.3 is 24.8 Å². The second-order valence-electron chi connectivity index (χ2n) is 12.0. The van der Waals surface area contributed by atoms with Crippen LogP contribution in [0.1, 0.15) is 66.3 Å². The van der Waals surface area contributed by atoms with Gasteiger partial charge in [0.05, 0.1) is 11.6 Å². The van der Waals surface area contributed by atoms with Gasteiger partial charge in [0.2, 0.25) is 0 Å². The van der Waals surface area contributed by atoms with Crippen molar-refractivity contribution in [3.8, 4) is 5.75 Å². The Bertz CT molecular complexity index is 1780. The quantitative estimate of drug-likeness (QED) is 0.175. The molecule has 0 aromatic heterocycles. The third-order valence-electron chi connectivity index (χ3n) is 6.41. The van der Waals surface area contributed by atoms with E-state index < -0.39 is 65.0 Å². The maximum absolute atomic E-state index is 14.2. The van der Waals surface area contributed by atoms with Gasteiger partial charge in [-0.1, -0.05) is 48.0 Å². The fourth-order valence-corrected chi connectivity index (χ4v) is 4.12. The first-order chi connectivity index (χ1) is 24.5. The maximum Gasteiger partial charge on any atom is 0.461 e. The lowest BCUT2D eigenvalue weighted by molar-refractivity contribution is -0.253. The second-order valence-corrected chi connectivity index (χ2v) is 12.0. The minimum atomic E-state index is -5.14. The summed E-state index contributed by atoms with van der Waals surface area (Å²) in [7, 11) is 0. The molecular weight excluding hydrogens is 726 g/mol. The molecule has 0 bridgehead atoms. The Morgan fingerprint density at radius 1 is 0.755 bits per heavy atom. The molecule has 0 aliphatic carbocycles. The van der Waals surface area contributed by atoms with Crippen LogP contribution in [0.4, 0.5) is 48.7 Å². The molecule has 2 amide bonds. The average Bonchev–Trinajstić information content (AvgIpc) is 3.03. The predicted molar refractivity (Wildman–Crippen MR) is 176 cm³/mol. The molecule has 4 aromatic carbocycles. The first-order valence-electron chi connectivity index (χ1n) is 15.6. The van der Waals surface area contributed by atoms with E-state index in [9.17, 15) is 53.5 Å². The van der Waals surface area contributed by atoms with Gasteiger partial charge in [-0.05, 0) is 88.2 Å². The van der Waals surface area contributed by atoms with E-state index >= 15 is 0 Å². The van der Waals surface area contributed by atoms with Crippen LogP contribution >= 0.6 is 0 Å². The average molecular weight is 763 g/mol. The lowest BCUT2D eigenvalue weighted by Gasteiger charge is -2.22. The second kappa shape index (κ2) is 19.0. The van der Waals surface area contributed by atoms with Gasteiger partial charge in [-0.15, -0.1) is 0 Å².